The molecule has 1 aromatic rings. The van der Waals surface area contributed by atoms with Crippen molar-refractivity contribution in [3.8, 4) is 0 Å². The second-order valence-corrected chi connectivity index (χ2v) is 14.7. The van der Waals surface area contributed by atoms with Gasteiger partial charge in [-0.1, -0.05) is 168 Å². The molecule has 0 unspecified atom stereocenters. The highest BCUT2D eigenvalue weighted by Gasteiger charge is 2.04. The molecule has 0 spiro atoms. The first-order valence-corrected chi connectivity index (χ1v) is 20.2. The predicted molar refractivity (Wildman–Crippen MR) is 189 cm³/mol. The molecule has 0 N–H and O–H groups in total. The third-order valence-corrected chi connectivity index (χ3v) is 10.4. The molecule has 0 saturated heterocycles. The van der Waals surface area contributed by atoms with E-state index in [9.17, 15) is 0 Å². The van der Waals surface area contributed by atoms with Gasteiger partial charge in [0.25, 0.3) is 0 Å². The molecule has 0 nitrogen and oxygen atoms in total. The van der Waals surface area contributed by atoms with Crippen LogP contribution in [0.25, 0.3) is 0 Å². The first-order valence-electron chi connectivity index (χ1n) is 18.2. The van der Waals surface area contributed by atoms with Gasteiger partial charge in [0.1, 0.15) is 0 Å². The molecule has 1 rings (SSSR count). The molecule has 0 heterocycles. The maximum Gasteiger partial charge on any atom is 0.00858 e. The smallest absolute Gasteiger partial charge is 0.00858 e. The second-order valence-electron chi connectivity index (χ2n) is 12.4. The number of thioether (sulfide) groups is 2. The van der Waals surface area contributed by atoms with Gasteiger partial charge in [0.05, 0.1) is 0 Å². The summed E-state index contributed by atoms with van der Waals surface area (Å²) in [5.41, 5.74) is 1.57. The van der Waals surface area contributed by atoms with Crippen LogP contribution in [0, 0.1) is 0 Å². The van der Waals surface area contributed by atoms with E-state index in [1.807, 2.05) is 0 Å². The van der Waals surface area contributed by atoms with E-state index < -0.39 is 0 Å². The topological polar surface area (TPSA) is 0 Å². The standard InChI is InChI=1S/C38H70S2/c1-4-7-10-12-14-16-18-20-22-24-26-28-31-39-37-33-36(30-9-6-3)34-38(35-37)40-32-29-27-25-23-21-19-17-15-13-11-8-5-2/h33-35H,4-32H2,1-3H3. The van der Waals surface area contributed by atoms with Gasteiger partial charge in [-0.05, 0) is 61.0 Å². The molecule has 0 aliphatic heterocycles. The third kappa shape index (κ3) is 24.5. The van der Waals surface area contributed by atoms with Crippen LogP contribution in [-0.4, -0.2) is 11.5 Å². The van der Waals surface area contributed by atoms with E-state index in [0.717, 1.165) is 0 Å². The number of hydrogen-bond donors (Lipinski definition) is 0. The lowest BCUT2D eigenvalue weighted by atomic mass is 10.1. The van der Waals surface area contributed by atoms with E-state index in [1.165, 1.54) is 195 Å². The van der Waals surface area contributed by atoms with E-state index >= 15 is 0 Å². The minimum Gasteiger partial charge on any atom is -0.126 e. The van der Waals surface area contributed by atoms with E-state index in [1.54, 1.807) is 5.56 Å². The summed E-state index contributed by atoms with van der Waals surface area (Å²) >= 11 is 4.22. The SMILES string of the molecule is CCCCCCCCCCCCCCSc1cc(CCCC)cc(SCCCCCCCCCCCCCC)c1. The second kappa shape index (κ2) is 30.4. The fraction of sp³-hybridized carbons (Fsp3) is 0.842. The molecule has 0 saturated carbocycles. The van der Waals surface area contributed by atoms with Gasteiger partial charge < -0.3 is 0 Å². The Kier molecular flexibility index (Phi) is 28.8. The van der Waals surface area contributed by atoms with Crippen LogP contribution in [0.4, 0.5) is 0 Å². The van der Waals surface area contributed by atoms with E-state index in [-0.39, 0.29) is 0 Å². The fourth-order valence-corrected chi connectivity index (χ4v) is 7.72. The van der Waals surface area contributed by atoms with Gasteiger partial charge in [-0.2, -0.15) is 0 Å². The summed E-state index contributed by atoms with van der Waals surface area (Å²) in [6, 6.07) is 7.48. The Morgan fingerprint density at radius 3 is 0.975 bits per heavy atom. The van der Waals surface area contributed by atoms with Crippen molar-refractivity contribution in [3.63, 3.8) is 0 Å². The number of hydrogen-bond acceptors (Lipinski definition) is 2. The van der Waals surface area contributed by atoms with Gasteiger partial charge in [-0.15, -0.1) is 23.5 Å². The molecule has 0 aliphatic rings. The summed E-state index contributed by atoms with van der Waals surface area (Å²) in [6.07, 6.45) is 38.3. The Labute approximate surface area is 261 Å². The average molecular weight is 591 g/mol. The molecule has 0 bridgehead atoms. The zero-order valence-electron chi connectivity index (χ0n) is 27.6. The number of aryl methyl sites for hydroxylation is 1. The summed E-state index contributed by atoms with van der Waals surface area (Å²) in [4.78, 5) is 3.04. The molecule has 0 atom stereocenters. The fourth-order valence-electron chi connectivity index (χ4n) is 5.59. The molecule has 1 aromatic carbocycles. The quantitative estimate of drug-likeness (QED) is 0.0623. The summed E-state index contributed by atoms with van der Waals surface area (Å²) in [6.45, 7) is 6.93. The number of rotatable bonds is 31. The maximum atomic E-state index is 2.49. The molecule has 40 heavy (non-hydrogen) atoms. The van der Waals surface area contributed by atoms with Crippen molar-refractivity contribution in [1.29, 1.82) is 0 Å². The summed E-state index contributed by atoms with van der Waals surface area (Å²) in [5.74, 6) is 2.58. The van der Waals surface area contributed by atoms with Crippen molar-refractivity contribution in [3.05, 3.63) is 23.8 Å². The average Bonchev–Trinajstić information content (AvgIpc) is 2.96. The lowest BCUT2D eigenvalue weighted by molar-refractivity contribution is 0.548. The molecular weight excluding hydrogens is 521 g/mol. The molecule has 0 amide bonds. The molecule has 0 aliphatic carbocycles. The van der Waals surface area contributed by atoms with Gasteiger partial charge in [-0.3, -0.25) is 0 Å². The molecule has 0 radical (unpaired) electrons. The van der Waals surface area contributed by atoms with Crippen LogP contribution in [0.2, 0.25) is 0 Å². The van der Waals surface area contributed by atoms with Crippen LogP contribution in [0.1, 0.15) is 193 Å². The van der Waals surface area contributed by atoms with E-state index in [4.69, 9.17) is 0 Å². The van der Waals surface area contributed by atoms with Gasteiger partial charge in [0.2, 0.25) is 0 Å². The number of unbranched alkanes of at least 4 members (excludes halogenated alkanes) is 23. The monoisotopic (exact) mass is 590 g/mol. The van der Waals surface area contributed by atoms with Crippen LogP contribution in [0.5, 0.6) is 0 Å². The first-order chi connectivity index (χ1) is 19.8. The summed E-state index contributed by atoms with van der Waals surface area (Å²) in [5, 5.41) is 0. The Balaban J connectivity index is 2.14. The molecule has 0 fully saturated rings. The van der Waals surface area contributed by atoms with Gasteiger partial charge in [0.15, 0.2) is 0 Å². The largest absolute Gasteiger partial charge is 0.126 e. The Bertz CT molecular complexity index is 592. The minimum atomic E-state index is 1.25. The van der Waals surface area contributed by atoms with E-state index in [0.29, 0.717) is 0 Å². The van der Waals surface area contributed by atoms with Crippen molar-refractivity contribution in [2.45, 2.75) is 204 Å². The van der Waals surface area contributed by atoms with Crippen molar-refractivity contribution in [1.82, 2.24) is 0 Å². The van der Waals surface area contributed by atoms with Crippen LogP contribution in [0.15, 0.2) is 28.0 Å². The van der Waals surface area contributed by atoms with Crippen molar-refractivity contribution in [2.24, 2.45) is 0 Å². The third-order valence-electron chi connectivity index (χ3n) is 8.29. The van der Waals surface area contributed by atoms with Crippen molar-refractivity contribution in [2.75, 3.05) is 11.5 Å². The molecular formula is C38H70S2. The van der Waals surface area contributed by atoms with Gasteiger partial charge >= 0.3 is 0 Å². The van der Waals surface area contributed by atoms with Crippen LogP contribution in [-0.2, 0) is 6.42 Å². The molecule has 2 heteroatoms. The highest BCUT2D eigenvalue weighted by Crippen LogP contribution is 2.30. The molecule has 0 aromatic heterocycles. The zero-order chi connectivity index (χ0) is 28.8. The highest BCUT2D eigenvalue weighted by atomic mass is 32.2. The lowest BCUT2D eigenvalue weighted by Gasteiger charge is -2.10. The maximum absolute atomic E-state index is 2.49. The van der Waals surface area contributed by atoms with E-state index in [2.05, 4.69) is 62.5 Å². The predicted octanol–water partition coefficient (Wildman–Crippen LogP) is 14.6. The Hall–Kier alpha value is -0.0800. The van der Waals surface area contributed by atoms with Gasteiger partial charge in [0, 0.05) is 9.79 Å². The van der Waals surface area contributed by atoms with Crippen LogP contribution < -0.4 is 0 Å². The molecule has 234 valence electrons. The minimum absolute atomic E-state index is 1.25. The van der Waals surface area contributed by atoms with Crippen LogP contribution in [0.3, 0.4) is 0 Å². The first kappa shape index (κ1) is 37.9. The Morgan fingerprint density at radius 2 is 0.650 bits per heavy atom. The van der Waals surface area contributed by atoms with Gasteiger partial charge in [-0.25, -0.2) is 0 Å². The lowest BCUT2D eigenvalue weighted by Crippen LogP contribution is -1.90. The highest BCUT2D eigenvalue weighted by molar-refractivity contribution is 8.00. The Morgan fingerprint density at radius 1 is 0.350 bits per heavy atom. The zero-order valence-corrected chi connectivity index (χ0v) is 29.2. The summed E-state index contributed by atoms with van der Waals surface area (Å²) in [7, 11) is 0. The number of benzene rings is 1. The van der Waals surface area contributed by atoms with Crippen molar-refractivity contribution < 1.29 is 0 Å². The summed E-state index contributed by atoms with van der Waals surface area (Å²) < 4.78 is 0. The van der Waals surface area contributed by atoms with Crippen molar-refractivity contribution >= 4 is 23.5 Å². The normalized spacial score (nSPS) is 11.5. The van der Waals surface area contributed by atoms with Crippen LogP contribution >= 0.6 is 23.5 Å².